The van der Waals surface area contributed by atoms with E-state index in [-0.39, 0.29) is 12.4 Å². The largest absolute Gasteiger partial charge is 0.390 e. The summed E-state index contributed by atoms with van der Waals surface area (Å²) in [7, 11) is 0. The lowest BCUT2D eigenvalue weighted by Crippen LogP contribution is -1.94. The van der Waals surface area contributed by atoms with Crippen LogP contribution in [0.2, 0.25) is 0 Å². The van der Waals surface area contributed by atoms with Crippen molar-refractivity contribution in [3.63, 3.8) is 0 Å². The second kappa shape index (κ2) is 6.18. The molecule has 0 saturated carbocycles. The Labute approximate surface area is 101 Å². The summed E-state index contributed by atoms with van der Waals surface area (Å²) in [6, 6.07) is 6.31. The summed E-state index contributed by atoms with van der Waals surface area (Å²) in [5.74, 6) is -0.256. The van der Waals surface area contributed by atoms with Crippen LogP contribution in [-0.2, 0) is 11.4 Å². The number of allylic oxidation sites excluding steroid dienone is 2. The second-order valence-electron chi connectivity index (χ2n) is 4.08. The van der Waals surface area contributed by atoms with Gasteiger partial charge >= 0.3 is 0 Å². The summed E-state index contributed by atoms with van der Waals surface area (Å²) in [6.45, 7) is 0.276. The molecule has 0 N–H and O–H groups in total. The Morgan fingerprint density at radius 2 is 2.29 bits per heavy atom. The minimum Gasteiger partial charge on any atom is -0.390 e. The first-order valence-electron chi connectivity index (χ1n) is 5.86. The minimum atomic E-state index is -0.256. The monoisotopic (exact) mass is 232 g/mol. The van der Waals surface area contributed by atoms with E-state index < -0.39 is 0 Å². The molecule has 0 unspecified atom stereocenters. The molecule has 2 rings (SSSR count). The Morgan fingerprint density at radius 1 is 1.35 bits per heavy atom. The molecule has 89 valence electrons. The Hall–Kier alpha value is -1.64. The van der Waals surface area contributed by atoms with Crippen molar-refractivity contribution in [1.82, 2.24) is 0 Å². The molecule has 1 aliphatic carbocycles. The molecule has 1 aromatic carbocycles. The average molecular weight is 232 g/mol. The Morgan fingerprint density at radius 3 is 3.06 bits per heavy atom. The molecule has 0 aromatic heterocycles. The Balaban J connectivity index is 1.79. The maximum atomic E-state index is 12.9. The highest BCUT2D eigenvalue weighted by Gasteiger charge is 2.01. The molecule has 3 heteroatoms. The van der Waals surface area contributed by atoms with E-state index in [0.29, 0.717) is 0 Å². The molecular weight excluding hydrogens is 217 g/mol. The SMILES string of the molecule is Fc1cccc(CO/N=[C]\C2=CCCCC2)c1. The zero-order chi connectivity index (χ0) is 11.9. The highest BCUT2D eigenvalue weighted by molar-refractivity contribution is 5.78. The van der Waals surface area contributed by atoms with Gasteiger partial charge in [0.2, 0.25) is 0 Å². The molecule has 1 radical (unpaired) electrons. The van der Waals surface area contributed by atoms with Gasteiger partial charge in [-0.1, -0.05) is 23.4 Å². The van der Waals surface area contributed by atoms with Crippen LogP contribution in [0.15, 0.2) is 41.1 Å². The van der Waals surface area contributed by atoms with Gasteiger partial charge in [0.25, 0.3) is 0 Å². The standard InChI is InChI=1S/C14H15FNO/c15-14-8-4-7-13(9-14)11-17-16-10-12-5-2-1-3-6-12/h4-5,7-9H,1-3,6,11H2. The van der Waals surface area contributed by atoms with Crippen molar-refractivity contribution < 1.29 is 9.23 Å². The Bertz CT molecular complexity index is 426. The zero-order valence-electron chi connectivity index (χ0n) is 9.66. The van der Waals surface area contributed by atoms with Gasteiger partial charge in [-0.25, -0.2) is 4.39 Å². The summed E-state index contributed by atoms with van der Waals surface area (Å²) >= 11 is 0. The molecule has 0 atom stereocenters. The first-order valence-corrected chi connectivity index (χ1v) is 5.86. The number of benzene rings is 1. The third-order valence-corrected chi connectivity index (χ3v) is 2.67. The predicted octanol–water partition coefficient (Wildman–Crippen LogP) is 3.71. The molecule has 17 heavy (non-hydrogen) atoms. The smallest absolute Gasteiger partial charge is 0.142 e. The van der Waals surface area contributed by atoms with Gasteiger partial charge in [-0.15, -0.1) is 0 Å². The van der Waals surface area contributed by atoms with Crippen molar-refractivity contribution in [3.05, 3.63) is 47.3 Å². The van der Waals surface area contributed by atoms with Crippen molar-refractivity contribution in [2.75, 3.05) is 0 Å². The van der Waals surface area contributed by atoms with Gasteiger partial charge in [-0.2, -0.15) is 0 Å². The van der Waals surface area contributed by atoms with E-state index in [0.717, 1.165) is 24.0 Å². The van der Waals surface area contributed by atoms with Crippen LogP contribution < -0.4 is 0 Å². The topological polar surface area (TPSA) is 21.6 Å². The fourth-order valence-corrected chi connectivity index (χ4v) is 1.76. The normalized spacial score (nSPS) is 15.9. The fraction of sp³-hybridized carbons (Fsp3) is 0.357. The van der Waals surface area contributed by atoms with Gasteiger partial charge in [0.05, 0.1) is 0 Å². The number of hydrogen-bond acceptors (Lipinski definition) is 2. The number of nitrogens with zero attached hydrogens (tertiary/aromatic N) is 1. The number of hydrogen-bond donors (Lipinski definition) is 0. The highest BCUT2D eigenvalue weighted by atomic mass is 19.1. The maximum absolute atomic E-state index is 12.9. The third-order valence-electron chi connectivity index (χ3n) is 2.67. The average Bonchev–Trinajstić information content (AvgIpc) is 2.36. The molecular formula is C14H15FNO. The first kappa shape index (κ1) is 11.8. The van der Waals surface area contributed by atoms with Crippen LogP contribution in [0.3, 0.4) is 0 Å². The number of rotatable bonds is 4. The van der Waals surface area contributed by atoms with Gasteiger partial charge in [-0.05, 0) is 49.0 Å². The highest BCUT2D eigenvalue weighted by Crippen LogP contribution is 2.15. The maximum Gasteiger partial charge on any atom is 0.142 e. The van der Waals surface area contributed by atoms with E-state index in [2.05, 4.69) is 17.4 Å². The molecule has 0 bridgehead atoms. The zero-order valence-corrected chi connectivity index (χ0v) is 9.66. The molecule has 0 fully saturated rings. The molecule has 2 nitrogen and oxygen atoms in total. The van der Waals surface area contributed by atoms with Crippen LogP contribution in [0.4, 0.5) is 4.39 Å². The van der Waals surface area contributed by atoms with E-state index >= 15 is 0 Å². The van der Waals surface area contributed by atoms with Crippen molar-refractivity contribution in [2.24, 2.45) is 5.16 Å². The van der Waals surface area contributed by atoms with Gasteiger partial charge in [-0.3, -0.25) is 0 Å². The molecule has 0 heterocycles. The molecule has 0 aliphatic heterocycles. The van der Waals surface area contributed by atoms with Crippen molar-refractivity contribution >= 4 is 6.21 Å². The first-order chi connectivity index (χ1) is 8.34. The predicted molar refractivity (Wildman–Crippen MR) is 65.2 cm³/mol. The van der Waals surface area contributed by atoms with E-state index in [1.165, 1.54) is 25.0 Å². The molecule has 1 aliphatic rings. The van der Waals surface area contributed by atoms with Gasteiger partial charge in [0, 0.05) is 0 Å². The molecule has 1 aromatic rings. The van der Waals surface area contributed by atoms with Crippen LogP contribution in [0.25, 0.3) is 0 Å². The minimum absolute atomic E-state index is 0.256. The summed E-state index contributed by atoms with van der Waals surface area (Å²) in [5, 5.41) is 3.78. The van der Waals surface area contributed by atoms with Crippen molar-refractivity contribution in [1.29, 1.82) is 0 Å². The van der Waals surface area contributed by atoms with Crippen LogP contribution in [0.5, 0.6) is 0 Å². The summed E-state index contributed by atoms with van der Waals surface area (Å²) in [4.78, 5) is 5.08. The van der Waals surface area contributed by atoms with E-state index in [4.69, 9.17) is 4.84 Å². The summed E-state index contributed by atoms with van der Waals surface area (Å²) in [5.41, 5.74) is 1.88. The second-order valence-corrected chi connectivity index (χ2v) is 4.08. The van der Waals surface area contributed by atoms with E-state index in [1.54, 1.807) is 12.1 Å². The van der Waals surface area contributed by atoms with Crippen LogP contribution >= 0.6 is 0 Å². The lowest BCUT2D eigenvalue weighted by molar-refractivity contribution is 0.132. The van der Waals surface area contributed by atoms with Crippen LogP contribution in [0, 0.1) is 5.82 Å². The van der Waals surface area contributed by atoms with Gasteiger partial charge in [0.1, 0.15) is 18.6 Å². The molecule has 0 amide bonds. The van der Waals surface area contributed by atoms with Gasteiger partial charge in [0.15, 0.2) is 0 Å². The van der Waals surface area contributed by atoms with Gasteiger partial charge < -0.3 is 4.84 Å². The lowest BCUT2D eigenvalue weighted by atomic mass is 10.0. The summed E-state index contributed by atoms with van der Waals surface area (Å²) in [6.07, 6.45) is 9.57. The van der Waals surface area contributed by atoms with Crippen molar-refractivity contribution in [3.8, 4) is 0 Å². The van der Waals surface area contributed by atoms with E-state index in [9.17, 15) is 4.39 Å². The molecule has 0 spiro atoms. The quantitative estimate of drug-likeness (QED) is 0.573. The molecule has 0 saturated heterocycles. The fourth-order valence-electron chi connectivity index (χ4n) is 1.76. The summed E-state index contributed by atoms with van der Waals surface area (Å²) < 4.78 is 12.9. The number of halogens is 1. The lowest BCUT2D eigenvalue weighted by Gasteiger charge is -2.06. The van der Waals surface area contributed by atoms with Crippen LogP contribution in [-0.4, -0.2) is 6.21 Å². The van der Waals surface area contributed by atoms with E-state index in [1.807, 2.05) is 0 Å². The Kier molecular flexibility index (Phi) is 4.30. The van der Waals surface area contributed by atoms with Crippen molar-refractivity contribution in [2.45, 2.75) is 32.3 Å². The third kappa shape index (κ3) is 4.02. The van der Waals surface area contributed by atoms with Crippen LogP contribution in [0.1, 0.15) is 31.2 Å².